The molecule has 0 unspecified atom stereocenters. The van der Waals surface area contributed by atoms with Crippen LogP contribution in [0.1, 0.15) is 5.56 Å². The van der Waals surface area contributed by atoms with Crippen LogP contribution in [0.4, 0.5) is 0 Å². The number of fused-ring (bicyclic) bond motifs is 3. The van der Waals surface area contributed by atoms with Gasteiger partial charge in [-0.1, -0.05) is 77.8 Å². The van der Waals surface area contributed by atoms with Gasteiger partial charge in [-0.15, -0.1) is 11.3 Å². The van der Waals surface area contributed by atoms with E-state index in [1.54, 1.807) is 0 Å². The van der Waals surface area contributed by atoms with Crippen molar-refractivity contribution in [2.75, 3.05) is 0 Å². The molecule has 0 fully saturated rings. The highest BCUT2D eigenvalue weighted by Gasteiger charge is 2.09. The summed E-state index contributed by atoms with van der Waals surface area (Å²) in [5, 5.41) is 3.42. The lowest BCUT2D eigenvalue weighted by molar-refractivity contribution is 1.47. The van der Waals surface area contributed by atoms with E-state index in [1.807, 2.05) is 11.3 Å². The second-order valence-corrected chi connectivity index (χ2v) is 8.36. The Morgan fingerprint density at radius 3 is 2.11 bits per heavy atom. The van der Waals surface area contributed by atoms with Crippen LogP contribution >= 0.6 is 22.9 Å². The van der Waals surface area contributed by atoms with Gasteiger partial charge in [0.1, 0.15) is 0 Å². The van der Waals surface area contributed by atoms with Crippen molar-refractivity contribution in [3.05, 3.63) is 95.5 Å². The topological polar surface area (TPSA) is 0 Å². The molecular formula is C25H17ClS. The summed E-state index contributed by atoms with van der Waals surface area (Å²) in [6, 6.07) is 30.1. The number of hydrogen-bond acceptors (Lipinski definition) is 1. The third kappa shape index (κ3) is 2.93. The van der Waals surface area contributed by atoms with Gasteiger partial charge in [-0.3, -0.25) is 0 Å². The number of hydrogen-bond donors (Lipinski definition) is 0. The van der Waals surface area contributed by atoms with Gasteiger partial charge in [-0.05, 0) is 47.9 Å². The van der Waals surface area contributed by atoms with Crippen LogP contribution in [0.3, 0.4) is 0 Å². The molecular weight excluding hydrogens is 368 g/mol. The smallest absolute Gasteiger partial charge is 0.0490 e. The van der Waals surface area contributed by atoms with E-state index < -0.39 is 0 Å². The fourth-order valence-electron chi connectivity index (χ4n) is 3.57. The van der Waals surface area contributed by atoms with Crippen molar-refractivity contribution in [2.24, 2.45) is 0 Å². The van der Waals surface area contributed by atoms with Crippen LogP contribution < -0.4 is 0 Å². The summed E-state index contributed by atoms with van der Waals surface area (Å²) in [6.07, 6.45) is 0. The van der Waals surface area contributed by atoms with Crippen molar-refractivity contribution in [3.8, 4) is 22.3 Å². The third-order valence-corrected chi connectivity index (χ3v) is 6.51. The average molecular weight is 385 g/mol. The number of halogens is 1. The standard InChI is InChI=1S/C25H17ClS/c1-16-6-8-17(9-7-16)20-12-10-19(15-23(20)26)18-11-13-25-22(14-18)21-4-2-3-5-24(21)27-25/h2-15H,1H3. The monoisotopic (exact) mass is 384 g/mol. The number of thiophene rings is 1. The van der Waals surface area contributed by atoms with Crippen LogP contribution in [0.2, 0.25) is 5.02 Å². The van der Waals surface area contributed by atoms with Crippen molar-refractivity contribution in [1.82, 2.24) is 0 Å². The van der Waals surface area contributed by atoms with E-state index in [1.165, 1.54) is 31.3 Å². The molecule has 5 aromatic rings. The molecule has 2 heteroatoms. The zero-order chi connectivity index (χ0) is 18.4. The van der Waals surface area contributed by atoms with Gasteiger partial charge in [0.15, 0.2) is 0 Å². The Hall–Kier alpha value is -2.61. The molecule has 0 aliphatic rings. The Kier molecular flexibility index (Phi) is 4.00. The zero-order valence-corrected chi connectivity index (χ0v) is 16.4. The highest BCUT2D eigenvalue weighted by atomic mass is 35.5. The van der Waals surface area contributed by atoms with Gasteiger partial charge in [-0.2, -0.15) is 0 Å². The van der Waals surface area contributed by atoms with E-state index in [9.17, 15) is 0 Å². The zero-order valence-electron chi connectivity index (χ0n) is 14.9. The van der Waals surface area contributed by atoms with Crippen LogP contribution in [0.5, 0.6) is 0 Å². The third-order valence-electron chi connectivity index (χ3n) is 5.04. The highest BCUT2D eigenvalue weighted by molar-refractivity contribution is 7.25. The molecule has 0 N–H and O–H groups in total. The van der Waals surface area contributed by atoms with Gasteiger partial charge in [-0.25, -0.2) is 0 Å². The molecule has 0 nitrogen and oxygen atoms in total. The normalized spacial score (nSPS) is 11.3. The molecule has 0 aliphatic carbocycles. The molecule has 0 spiro atoms. The van der Waals surface area contributed by atoms with E-state index in [0.29, 0.717) is 0 Å². The predicted octanol–water partition coefficient (Wildman–Crippen LogP) is 8.35. The van der Waals surface area contributed by atoms with Crippen LogP contribution in [0, 0.1) is 6.92 Å². The van der Waals surface area contributed by atoms with Crippen molar-refractivity contribution >= 4 is 43.1 Å². The Bertz CT molecular complexity index is 1280. The first kappa shape index (κ1) is 16.6. The Labute approximate surface area is 167 Å². The maximum absolute atomic E-state index is 6.65. The molecule has 0 atom stereocenters. The lowest BCUT2D eigenvalue weighted by atomic mass is 9.98. The number of aryl methyl sites for hydroxylation is 1. The summed E-state index contributed by atoms with van der Waals surface area (Å²) in [5.74, 6) is 0. The molecule has 0 aliphatic heterocycles. The summed E-state index contributed by atoms with van der Waals surface area (Å²) in [7, 11) is 0. The largest absolute Gasteiger partial charge is 0.135 e. The summed E-state index contributed by atoms with van der Waals surface area (Å²) in [4.78, 5) is 0. The first-order valence-corrected chi connectivity index (χ1v) is 10.2. The van der Waals surface area contributed by atoms with Crippen molar-refractivity contribution in [3.63, 3.8) is 0 Å². The van der Waals surface area contributed by atoms with E-state index in [4.69, 9.17) is 11.6 Å². The quantitative estimate of drug-likeness (QED) is 0.287. The molecule has 0 bridgehead atoms. The summed E-state index contributed by atoms with van der Waals surface area (Å²) < 4.78 is 2.65. The molecule has 0 saturated heterocycles. The second kappa shape index (κ2) is 6.53. The fourth-order valence-corrected chi connectivity index (χ4v) is 4.94. The van der Waals surface area contributed by atoms with Gasteiger partial charge in [0.25, 0.3) is 0 Å². The fraction of sp³-hybridized carbons (Fsp3) is 0.0400. The van der Waals surface area contributed by atoms with Crippen LogP contribution in [0.25, 0.3) is 42.4 Å². The molecule has 5 rings (SSSR count). The van der Waals surface area contributed by atoms with Gasteiger partial charge in [0, 0.05) is 30.8 Å². The minimum absolute atomic E-state index is 0.784. The van der Waals surface area contributed by atoms with E-state index in [-0.39, 0.29) is 0 Å². The lowest BCUT2D eigenvalue weighted by Gasteiger charge is -2.09. The first-order valence-electron chi connectivity index (χ1n) is 8.97. The second-order valence-electron chi connectivity index (χ2n) is 6.87. The minimum atomic E-state index is 0.784. The molecule has 0 saturated carbocycles. The molecule has 130 valence electrons. The van der Waals surface area contributed by atoms with Gasteiger partial charge < -0.3 is 0 Å². The van der Waals surface area contributed by atoms with Crippen LogP contribution in [0.15, 0.2) is 84.9 Å². The van der Waals surface area contributed by atoms with Crippen molar-refractivity contribution in [2.45, 2.75) is 6.92 Å². The molecule has 4 aromatic carbocycles. The van der Waals surface area contributed by atoms with E-state index >= 15 is 0 Å². The molecule has 0 radical (unpaired) electrons. The summed E-state index contributed by atoms with van der Waals surface area (Å²) in [5.41, 5.74) is 5.82. The maximum Gasteiger partial charge on any atom is 0.0490 e. The Morgan fingerprint density at radius 2 is 1.30 bits per heavy atom. The van der Waals surface area contributed by atoms with Gasteiger partial charge >= 0.3 is 0 Å². The number of rotatable bonds is 2. The molecule has 1 aromatic heterocycles. The van der Waals surface area contributed by atoms with Crippen molar-refractivity contribution in [1.29, 1.82) is 0 Å². The van der Waals surface area contributed by atoms with Gasteiger partial charge in [0.2, 0.25) is 0 Å². The summed E-state index contributed by atoms with van der Waals surface area (Å²) >= 11 is 8.49. The highest BCUT2D eigenvalue weighted by Crippen LogP contribution is 2.38. The SMILES string of the molecule is Cc1ccc(-c2ccc(-c3ccc4sc5ccccc5c4c3)cc2Cl)cc1. The van der Waals surface area contributed by atoms with Crippen LogP contribution in [-0.2, 0) is 0 Å². The average Bonchev–Trinajstić information content (AvgIpc) is 3.07. The van der Waals surface area contributed by atoms with E-state index in [0.717, 1.165) is 21.7 Å². The van der Waals surface area contributed by atoms with Gasteiger partial charge in [0.05, 0.1) is 0 Å². The Morgan fingerprint density at radius 1 is 0.630 bits per heavy atom. The summed E-state index contributed by atoms with van der Waals surface area (Å²) in [6.45, 7) is 2.10. The molecule has 0 amide bonds. The molecule has 27 heavy (non-hydrogen) atoms. The minimum Gasteiger partial charge on any atom is -0.135 e. The lowest BCUT2D eigenvalue weighted by Crippen LogP contribution is -1.83. The van der Waals surface area contributed by atoms with Crippen molar-refractivity contribution < 1.29 is 0 Å². The predicted molar refractivity (Wildman–Crippen MR) is 120 cm³/mol. The number of benzene rings is 4. The maximum atomic E-state index is 6.65. The van der Waals surface area contributed by atoms with E-state index in [2.05, 4.69) is 91.9 Å². The molecule has 1 heterocycles. The Balaban J connectivity index is 1.61. The first-order chi connectivity index (χ1) is 13.2. The van der Waals surface area contributed by atoms with Crippen LogP contribution in [-0.4, -0.2) is 0 Å².